The van der Waals surface area contributed by atoms with Crippen LogP contribution >= 0.6 is 0 Å². The maximum absolute atomic E-state index is 12.9. The average Bonchev–Trinajstić information content (AvgIpc) is 3.46. The Labute approximate surface area is 496 Å². The first-order valence-electron chi connectivity index (χ1n) is 34.2. The number of carbonyl (C=O) groups is 3. The van der Waals surface area contributed by atoms with E-state index in [0.29, 0.717) is 19.3 Å². The lowest BCUT2D eigenvalue weighted by Crippen LogP contribution is -2.30. The third-order valence-electron chi connectivity index (χ3n) is 14.8. The highest BCUT2D eigenvalue weighted by atomic mass is 16.6. The van der Waals surface area contributed by atoms with E-state index in [9.17, 15) is 14.4 Å². The third kappa shape index (κ3) is 65.1. The Hall–Kier alpha value is -3.67. The second-order valence-corrected chi connectivity index (χ2v) is 22.7. The van der Waals surface area contributed by atoms with Crippen LogP contribution in [0.4, 0.5) is 0 Å². The van der Waals surface area contributed by atoms with Crippen molar-refractivity contribution in [1.29, 1.82) is 0 Å². The summed E-state index contributed by atoms with van der Waals surface area (Å²) in [5.41, 5.74) is 0. The molecule has 0 rings (SSSR count). The van der Waals surface area contributed by atoms with E-state index >= 15 is 0 Å². The van der Waals surface area contributed by atoms with Gasteiger partial charge in [-0.05, 0) is 103 Å². The van der Waals surface area contributed by atoms with Crippen molar-refractivity contribution >= 4 is 17.9 Å². The molecule has 0 N–H and O–H groups in total. The molecule has 0 saturated carbocycles. The van der Waals surface area contributed by atoms with Crippen molar-refractivity contribution < 1.29 is 28.6 Å². The van der Waals surface area contributed by atoms with Crippen molar-refractivity contribution in [3.05, 3.63) is 97.2 Å². The fraction of sp³-hybridized carbons (Fsp3) is 0.743. The molecule has 6 heteroatoms. The molecule has 0 aromatic carbocycles. The minimum Gasteiger partial charge on any atom is -0.462 e. The average molecular weight is 1110 g/mol. The Balaban J connectivity index is 4.02. The molecule has 0 aliphatic rings. The zero-order valence-corrected chi connectivity index (χ0v) is 52.8. The van der Waals surface area contributed by atoms with Crippen LogP contribution in [0.1, 0.15) is 335 Å². The number of rotatable bonds is 62. The third-order valence-corrected chi connectivity index (χ3v) is 14.8. The van der Waals surface area contributed by atoms with Crippen LogP contribution in [0.5, 0.6) is 0 Å². The van der Waals surface area contributed by atoms with Crippen LogP contribution in [0.15, 0.2) is 97.2 Å². The molecule has 0 radical (unpaired) electrons. The van der Waals surface area contributed by atoms with Crippen molar-refractivity contribution in [2.75, 3.05) is 13.2 Å². The van der Waals surface area contributed by atoms with Crippen molar-refractivity contribution in [2.24, 2.45) is 0 Å². The first kappa shape index (κ1) is 76.3. The lowest BCUT2D eigenvalue weighted by atomic mass is 10.0. The minimum absolute atomic E-state index is 0.0793. The van der Waals surface area contributed by atoms with Crippen LogP contribution in [0.3, 0.4) is 0 Å². The summed E-state index contributed by atoms with van der Waals surface area (Å²) in [4.78, 5) is 38.1. The highest BCUT2D eigenvalue weighted by molar-refractivity contribution is 5.71. The molecule has 460 valence electrons. The maximum Gasteiger partial charge on any atom is 0.306 e. The SMILES string of the molecule is CC/C=C\C/C=C\C/C=C\C/C=C\C/C=C\CCCCCCCCCC(=O)OC(COC(=O)CCCCCCCC)COC(=O)CCCCCCCCCCCCCCCCCCCC/C=C\C/C=C\C/C=C\CCCCCCC. The van der Waals surface area contributed by atoms with Crippen LogP contribution in [-0.4, -0.2) is 37.2 Å². The molecule has 0 aromatic heterocycles. The number of allylic oxidation sites excluding steroid dienone is 16. The summed E-state index contributed by atoms with van der Waals surface area (Å²) in [6.07, 6.45) is 91.9. The van der Waals surface area contributed by atoms with Crippen molar-refractivity contribution in [1.82, 2.24) is 0 Å². The van der Waals surface area contributed by atoms with Gasteiger partial charge < -0.3 is 14.2 Å². The van der Waals surface area contributed by atoms with Crippen molar-refractivity contribution in [3.63, 3.8) is 0 Å². The van der Waals surface area contributed by atoms with Crippen molar-refractivity contribution in [2.45, 2.75) is 341 Å². The monoisotopic (exact) mass is 1110 g/mol. The summed E-state index contributed by atoms with van der Waals surface area (Å²) in [7, 11) is 0. The predicted molar refractivity (Wildman–Crippen MR) is 348 cm³/mol. The molecule has 0 fully saturated rings. The van der Waals surface area contributed by atoms with Gasteiger partial charge in [-0.2, -0.15) is 0 Å². The number of unbranched alkanes of at least 4 members (excludes halogenated alkanes) is 35. The molecule has 0 aliphatic heterocycles. The molecular weight excluding hydrogens is 985 g/mol. The van der Waals surface area contributed by atoms with Gasteiger partial charge in [-0.1, -0.05) is 311 Å². The van der Waals surface area contributed by atoms with E-state index in [1.165, 1.54) is 186 Å². The quantitative estimate of drug-likeness (QED) is 0.0261. The number of hydrogen-bond acceptors (Lipinski definition) is 6. The van der Waals surface area contributed by atoms with Gasteiger partial charge in [-0.25, -0.2) is 0 Å². The molecule has 1 unspecified atom stereocenters. The first-order chi connectivity index (χ1) is 39.5. The molecule has 0 heterocycles. The fourth-order valence-corrected chi connectivity index (χ4v) is 9.71. The van der Waals surface area contributed by atoms with Crippen LogP contribution < -0.4 is 0 Å². The Morgan fingerprint density at radius 2 is 0.487 bits per heavy atom. The highest BCUT2D eigenvalue weighted by Gasteiger charge is 2.19. The molecule has 0 spiro atoms. The van der Waals surface area contributed by atoms with Crippen LogP contribution in [0.25, 0.3) is 0 Å². The Morgan fingerprint density at radius 1 is 0.263 bits per heavy atom. The van der Waals surface area contributed by atoms with E-state index in [4.69, 9.17) is 14.2 Å². The van der Waals surface area contributed by atoms with Gasteiger partial charge >= 0.3 is 17.9 Å². The van der Waals surface area contributed by atoms with E-state index in [0.717, 1.165) is 109 Å². The van der Waals surface area contributed by atoms with E-state index in [2.05, 4.69) is 118 Å². The number of esters is 3. The summed E-state index contributed by atoms with van der Waals surface area (Å²) in [5, 5.41) is 0. The Bertz CT molecular complexity index is 1560. The van der Waals surface area contributed by atoms with E-state index in [1.807, 2.05) is 0 Å². The number of carbonyl (C=O) groups excluding carboxylic acids is 3. The molecule has 0 saturated heterocycles. The van der Waals surface area contributed by atoms with Gasteiger partial charge in [0.15, 0.2) is 6.10 Å². The number of hydrogen-bond donors (Lipinski definition) is 0. The topological polar surface area (TPSA) is 78.9 Å². The number of ether oxygens (including phenoxy) is 3. The van der Waals surface area contributed by atoms with Crippen LogP contribution in [0, 0.1) is 0 Å². The highest BCUT2D eigenvalue weighted by Crippen LogP contribution is 2.17. The van der Waals surface area contributed by atoms with Crippen LogP contribution in [0.2, 0.25) is 0 Å². The predicted octanol–water partition coefficient (Wildman–Crippen LogP) is 23.6. The smallest absolute Gasteiger partial charge is 0.306 e. The summed E-state index contributed by atoms with van der Waals surface area (Å²) in [5.74, 6) is -0.889. The zero-order chi connectivity index (χ0) is 57.8. The molecule has 1 atom stereocenters. The first-order valence-corrected chi connectivity index (χ1v) is 34.2. The van der Waals surface area contributed by atoms with E-state index < -0.39 is 6.10 Å². The standard InChI is InChI=1S/C74H128O6/c1-4-7-10-13-16-18-20-22-24-26-28-30-32-33-34-35-36-37-38-39-40-41-43-44-46-48-50-52-54-56-58-61-64-67-73(76)79-70-71(69-78-72(75)66-63-60-15-12-9-6-3)80-74(77)68-65-62-59-57-55-53-51-49-47-45-42-31-29-27-25-23-21-19-17-14-11-8-5-2/h8,11,17,19-20,22-23,25-26,28-29,31-33,45,47,71H,4-7,9-10,12-16,18,21,24,27,30,34-44,46,48-70H2,1-3H3/b11-8-,19-17-,22-20-,25-23-,28-26-,31-29-,33-32-,47-45-. The zero-order valence-electron chi connectivity index (χ0n) is 52.8. The van der Waals surface area contributed by atoms with E-state index in [1.54, 1.807) is 0 Å². The van der Waals surface area contributed by atoms with Gasteiger partial charge in [-0.3, -0.25) is 14.4 Å². The normalized spacial score (nSPS) is 12.7. The van der Waals surface area contributed by atoms with Gasteiger partial charge in [0, 0.05) is 19.3 Å². The molecule has 6 nitrogen and oxygen atoms in total. The summed E-state index contributed by atoms with van der Waals surface area (Å²) >= 11 is 0. The summed E-state index contributed by atoms with van der Waals surface area (Å²) < 4.78 is 16.8. The van der Waals surface area contributed by atoms with Gasteiger partial charge in [0.05, 0.1) is 0 Å². The summed E-state index contributed by atoms with van der Waals surface area (Å²) in [6.45, 7) is 6.47. The molecule has 80 heavy (non-hydrogen) atoms. The molecular formula is C74H128O6. The van der Waals surface area contributed by atoms with Gasteiger partial charge in [-0.15, -0.1) is 0 Å². The second kappa shape index (κ2) is 67.8. The Morgan fingerprint density at radius 3 is 0.762 bits per heavy atom. The molecule has 0 bridgehead atoms. The molecule has 0 aliphatic carbocycles. The maximum atomic E-state index is 12.9. The fourth-order valence-electron chi connectivity index (χ4n) is 9.71. The minimum atomic E-state index is -0.781. The van der Waals surface area contributed by atoms with Crippen molar-refractivity contribution in [3.8, 4) is 0 Å². The largest absolute Gasteiger partial charge is 0.462 e. The van der Waals surface area contributed by atoms with Gasteiger partial charge in [0.2, 0.25) is 0 Å². The van der Waals surface area contributed by atoms with Crippen LogP contribution in [-0.2, 0) is 28.6 Å². The Kier molecular flexibility index (Phi) is 64.7. The molecule has 0 amide bonds. The molecule has 0 aromatic rings. The van der Waals surface area contributed by atoms with E-state index in [-0.39, 0.29) is 31.1 Å². The second-order valence-electron chi connectivity index (χ2n) is 22.7. The lowest BCUT2D eigenvalue weighted by molar-refractivity contribution is -0.167. The van der Waals surface area contributed by atoms with Gasteiger partial charge in [0.25, 0.3) is 0 Å². The van der Waals surface area contributed by atoms with Gasteiger partial charge in [0.1, 0.15) is 13.2 Å². The summed E-state index contributed by atoms with van der Waals surface area (Å²) in [6, 6.07) is 0. The lowest BCUT2D eigenvalue weighted by Gasteiger charge is -2.18.